The van der Waals surface area contributed by atoms with Crippen LogP contribution in [0.3, 0.4) is 0 Å². The molecule has 4 heteroatoms. The first kappa shape index (κ1) is 13.5. The summed E-state index contributed by atoms with van der Waals surface area (Å²) < 4.78 is 0. The molecule has 4 nitrogen and oxygen atoms in total. The number of likely N-dealkylation sites (N-methyl/N-ethyl adjacent to an activating group) is 1. The lowest BCUT2D eigenvalue weighted by atomic mass is 10.00. The zero-order valence-electron chi connectivity index (χ0n) is 10.4. The van der Waals surface area contributed by atoms with E-state index >= 15 is 0 Å². The Hall–Kier alpha value is -0.610. The topological polar surface area (TPSA) is 52.6 Å². The summed E-state index contributed by atoms with van der Waals surface area (Å²) in [5, 5.41) is 12.0. The monoisotopic (exact) mass is 228 g/mol. The van der Waals surface area contributed by atoms with E-state index in [9.17, 15) is 4.79 Å². The molecule has 0 aromatic carbocycles. The highest BCUT2D eigenvalue weighted by Gasteiger charge is 2.31. The highest BCUT2D eigenvalue weighted by atomic mass is 16.3. The van der Waals surface area contributed by atoms with Crippen LogP contribution in [0.25, 0.3) is 0 Å². The van der Waals surface area contributed by atoms with E-state index in [1.807, 2.05) is 11.9 Å². The number of carbonyl (C=O) groups is 1. The number of aliphatic hydroxyl groups is 1. The van der Waals surface area contributed by atoms with Crippen molar-refractivity contribution in [3.8, 4) is 0 Å². The lowest BCUT2D eigenvalue weighted by molar-refractivity contribution is -0.129. The predicted molar refractivity (Wildman–Crippen MR) is 64.1 cm³/mol. The summed E-state index contributed by atoms with van der Waals surface area (Å²) in [6.45, 7) is 4.04. The maximum absolute atomic E-state index is 11.9. The van der Waals surface area contributed by atoms with Crippen LogP contribution in [0.2, 0.25) is 0 Å². The van der Waals surface area contributed by atoms with Crippen LogP contribution in [0.5, 0.6) is 0 Å². The summed E-state index contributed by atoms with van der Waals surface area (Å²) in [6, 6.07) is 0.0106. The molecule has 0 spiro atoms. The molecule has 0 radical (unpaired) electrons. The standard InChI is InChI=1S/C12H24N2O2/c1-3-4-10(6-8-15)9-14-7-5-11(13-2)12(14)16/h10-11,13,15H,3-9H2,1-2H3. The minimum Gasteiger partial charge on any atom is -0.396 e. The van der Waals surface area contributed by atoms with Crippen LogP contribution in [0.4, 0.5) is 0 Å². The summed E-state index contributed by atoms with van der Waals surface area (Å²) in [4.78, 5) is 13.8. The van der Waals surface area contributed by atoms with Gasteiger partial charge in [-0.25, -0.2) is 0 Å². The molecule has 0 aliphatic carbocycles. The molecule has 0 saturated carbocycles. The summed E-state index contributed by atoms with van der Waals surface area (Å²) in [6.07, 6.45) is 3.92. The molecule has 1 rings (SSSR count). The van der Waals surface area contributed by atoms with Gasteiger partial charge in [0.2, 0.25) is 5.91 Å². The average Bonchev–Trinajstić information content (AvgIpc) is 2.61. The fourth-order valence-corrected chi connectivity index (χ4v) is 2.42. The second-order valence-corrected chi connectivity index (χ2v) is 4.58. The van der Waals surface area contributed by atoms with Crippen LogP contribution in [0, 0.1) is 5.92 Å². The van der Waals surface area contributed by atoms with Gasteiger partial charge in [-0.3, -0.25) is 4.79 Å². The third kappa shape index (κ3) is 3.46. The number of hydrogen-bond donors (Lipinski definition) is 2. The summed E-state index contributed by atoms with van der Waals surface area (Å²) in [5.74, 6) is 0.677. The van der Waals surface area contributed by atoms with E-state index in [4.69, 9.17) is 5.11 Å². The fraction of sp³-hybridized carbons (Fsp3) is 0.917. The van der Waals surface area contributed by atoms with Crippen molar-refractivity contribution in [2.45, 2.75) is 38.6 Å². The quantitative estimate of drug-likeness (QED) is 0.671. The first-order valence-electron chi connectivity index (χ1n) is 6.29. The van der Waals surface area contributed by atoms with Gasteiger partial charge in [-0.1, -0.05) is 13.3 Å². The number of carbonyl (C=O) groups excluding carboxylic acids is 1. The number of rotatable bonds is 7. The minimum atomic E-state index is 0.0106. The molecule has 2 atom stereocenters. The van der Waals surface area contributed by atoms with Crippen LogP contribution in [0.15, 0.2) is 0 Å². The zero-order valence-corrected chi connectivity index (χ0v) is 10.4. The van der Waals surface area contributed by atoms with E-state index in [-0.39, 0.29) is 18.6 Å². The number of amides is 1. The summed E-state index contributed by atoms with van der Waals surface area (Å²) >= 11 is 0. The Bertz CT molecular complexity index is 215. The van der Waals surface area contributed by atoms with Gasteiger partial charge < -0.3 is 15.3 Å². The number of nitrogens with zero attached hydrogens (tertiary/aromatic N) is 1. The van der Waals surface area contributed by atoms with Gasteiger partial charge in [0.1, 0.15) is 0 Å². The van der Waals surface area contributed by atoms with Gasteiger partial charge in [0.05, 0.1) is 6.04 Å². The van der Waals surface area contributed by atoms with Gasteiger partial charge >= 0.3 is 0 Å². The zero-order chi connectivity index (χ0) is 12.0. The van der Waals surface area contributed by atoms with Crippen molar-refractivity contribution in [2.75, 3.05) is 26.7 Å². The Balaban J connectivity index is 2.42. The van der Waals surface area contributed by atoms with E-state index in [1.54, 1.807) is 0 Å². The summed E-state index contributed by atoms with van der Waals surface area (Å²) in [7, 11) is 1.84. The maximum atomic E-state index is 11.9. The van der Waals surface area contributed by atoms with Gasteiger partial charge in [-0.2, -0.15) is 0 Å². The van der Waals surface area contributed by atoms with Gasteiger partial charge in [-0.05, 0) is 32.2 Å². The molecule has 0 bridgehead atoms. The van der Waals surface area contributed by atoms with Crippen molar-refractivity contribution in [1.29, 1.82) is 0 Å². The van der Waals surface area contributed by atoms with E-state index in [2.05, 4.69) is 12.2 Å². The molecular weight excluding hydrogens is 204 g/mol. The van der Waals surface area contributed by atoms with Gasteiger partial charge in [0.15, 0.2) is 0 Å². The van der Waals surface area contributed by atoms with E-state index in [0.29, 0.717) is 5.92 Å². The number of nitrogens with one attached hydrogen (secondary N) is 1. The van der Waals surface area contributed by atoms with Crippen molar-refractivity contribution in [1.82, 2.24) is 10.2 Å². The Morgan fingerprint density at radius 2 is 2.31 bits per heavy atom. The van der Waals surface area contributed by atoms with Crippen molar-refractivity contribution >= 4 is 5.91 Å². The van der Waals surface area contributed by atoms with Gasteiger partial charge in [-0.15, -0.1) is 0 Å². The third-order valence-electron chi connectivity index (χ3n) is 3.36. The van der Waals surface area contributed by atoms with Crippen LogP contribution < -0.4 is 5.32 Å². The Kier molecular flexibility index (Phi) is 5.77. The molecule has 2 unspecified atom stereocenters. The van der Waals surface area contributed by atoms with E-state index in [1.165, 1.54) is 0 Å². The molecule has 1 saturated heterocycles. The molecule has 94 valence electrons. The van der Waals surface area contributed by atoms with E-state index in [0.717, 1.165) is 38.8 Å². The maximum Gasteiger partial charge on any atom is 0.239 e. The van der Waals surface area contributed by atoms with Crippen LogP contribution in [0.1, 0.15) is 32.6 Å². The first-order valence-corrected chi connectivity index (χ1v) is 6.29. The molecule has 1 fully saturated rings. The number of likely N-dealkylation sites (tertiary alicyclic amines) is 1. The van der Waals surface area contributed by atoms with Crippen molar-refractivity contribution in [3.63, 3.8) is 0 Å². The molecule has 2 N–H and O–H groups in total. The summed E-state index contributed by atoms with van der Waals surface area (Å²) in [5.41, 5.74) is 0. The Morgan fingerprint density at radius 1 is 1.56 bits per heavy atom. The predicted octanol–water partition coefficient (Wildman–Crippen LogP) is 0.605. The van der Waals surface area contributed by atoms with Crippen molar-refractivity contribution < 1.29 is 9.90 Å². The number of aliphatic hydroxyl groups excluding tert-OH is 1. The second kappa shape index (κ2) is 6.86. The van der Waals surface area contributed by atoms with Crippen molar-refractivity contribution in [2.24, 2.45) is 5.92 Å². The van der Waals surface area contributed by atoms with Gasteiger partial charge in [0.25, 0.3) is 0 Å². The Labute approximate surface area is 98.0 Å². The normalized spacial score (nSPS) is 22.8. The highest BCUT2D eigenvalue weighted by Crippen LogP contribution is 2.18. The minimum absolute atomic E-state index is 0.0106. The molecule has 0 aromatic rings. The molecular formula is C12H24N2O2. The average molecular weight is 228 g/mol. The van der Waals surface area contributed by atoms with E-state index < -0.39 is 0 Å². The smallest absolute Gasteiger partial charge is 0.239 e. The molecule has 1 aliphatic rings. The molecule has 1 aliphatic heterocycles. The molecule has 1 heterocycles. The lowest BCUT2D eigenvalue weighted by Crippen LogP contribution is -2.38. The molecule has 1 amide bonds. The lowest BCUT2D eigenvalue weighted by Gasteiger charge is -2.23. The SMILES string of the molecule is CCCC(CCO)CN1CCC(NC)C1=O. The van der Waals surface area contributed by atoms with Crippen LogP contribution >= 0.6 is 0 Å². The molecule has 0 aromatic heterocycles. The highest BCUT2D eigenvalue weighted by molar-refractivity contribution is 5.83. The number of hydrogen-bond acceptors (Lipinski definition) is 3. The fourth-order valence-electron chi connectivity index (χ4n) is 2.42. The second-order valence-electron chi connectivity index (χ2n) is 4.58. The van der Waals surface area contributed by atoms with Gasteiger partial charge in [0, 0.05) is 19.7 Å². The third-order valence-corrected chi connectivity index (χ3v) is 3.36. The Morgan fingerprint density at radius 3 is 2.81 bits per heavy atom. The van der Waals surface area contributed by atoms with Crippen LogP contribution in [-0.2, 0) is 4.79 Å². The van der Waals surface area contributed by atoms with Crippen molar-refractivity contribution in [3.05, 3.63) is 0 Å². The van der Waals surface area contributed by atoms with Crippen LogP contribution in [-0.4, -0.2) is 48.7 Å². The molecule has 16 heavy (non-hydrogen) atoms. The largest absolute Gasteiger partial charge is 0.396 e. The first-order chi connectivity index (χ1) is 7.72.